The van der Waals surface area contributed by atoms with Gasteiger partial charge in [0.1, 0.15) is 0 Å². The third-order valence-electron chi connectivity index (χ3n) is 4.41. The Kier molecular flexibility index (Phi) is 6.88. The molecule has 0 fully saturated rings. The zero-order valence-electron chi connectivity index (χ0n) is 16.8. The van der Waals surface area contributed by atoms with Crippen LogP contribution in [0.5, 0.6) is 17.2 Å². The van der Waals surface area contributed by atoms with Crippen LogP contribution in [-0.4, -0.2) is 41.2 Å². The minimum absolute atomic E-state index is 0.161. The number of methoxy groups -OCH3 is 3. The van der Waals surface area contributed by atoms with Gasteiger partial charge in [-0.25, -0.2) is 0 Å². The van der Waals surface area contributed by atoms with E-state index < -0.39 is 0 Å². The van der Waals surface area contributed by atoms with Crippen molar-refractivity contribution in [2.24, 2.45) is 0 Å². The number of ketones is 1. The summed E-state index contributed by atoms with van der Waals surface area (Å²) in [4.78, 5) is 14.8. The van der Waals surface area contributed by atoms with E-state index in [2.05, 4.69) is 17.9 Å². The predicted molar refractivity (Wildman–Crippen MR) is 110 cm³/mol. The molecule has 144 valence electrons. The first-order chi connectivity index (χ1) is 13.0. The number of rotatable bonds is 8. The molecule has 0 N–H and O–H groups in total. The highest BCUT2D eigenvalue weighted by Gasteiger charge is 2.19. The van der Waals surface area contributed by atoms with Gasteiger partial charge in [-0.2, -0.15) is 0 Å². The Balaban J connectivity index is 2.37. The summed E-state index contributed by atoms with van der Waals surface area (Å²) in [5.41, 5.74) is 3.77. The van der Waals surface area contributed by atoms with Gasteiger partial charge < -0.3 is 19.1 Å². The van der Waals surface area contributed by atoms with Crippen molar-refractivity contribution in [2.75, 3.05) is 40.3 Å². The minimum atomic E-state index is -0.161. The molecule has 2 aromatic rings. The van der Waals surface area contributed by atoms with Crippen LogP contribution in [0.3, 0.4) is 0 Å². The standard InChI is InChI=1S/C22H27NO4/c1-7-15-14-17(23(2)3)10-8-16(15)9-12-19(24)18-11-13-20(25-4)22(27-6)21(18)26-5/h8-14H,7H2,1-6H3. The molecule has 0 aliphatic carbocycles. The molecule has 0 saturated heterocycles. The third kappa shape index (κ3) is 4.42. The van der Waals surface area contributed by atoms with Crippen LogP contribution in [0, 0.1) is 0 Å². The van der Waals surface area contributed by atoms with Gasteiger partial charge in [-0.1, -0.05) is 19.1 Å². The van der Waals surface area contributed by atoms with Crippen LogP contribution >= 0.6 is 0 Å². The number of allylic oxidation sites excluding steroid dienone is 1. The Morgan fingerprint density at radius 2 is 1.70 bits per heavy atom. The highest BCUT2D eigenvalue weighted by molar-refractivity contribution is 6.09. The number of aryl methyl sites for hydroxylation is 1. The number of hydrogen-bond acceptors (Lipinski definition) is 5. The zero-order chi connectivity index (χ0) is 20.0. The predicted octanol–water partition coefficient (Wildman–Crippen LogP) is 4.24. The van der Waals surface area contributed by atoms with Gasteiger partial charge in [0.05, 0.1) is 26.9 Å². The van der Waals surface area contributed by atoms with Crippen molar-refractivity contribution >= 4 is 17.5 Å². The summed E-state index contributed by atoms with van der Waals surface area (Å²) in [6.45, 7) is 2.10. The molecule has 0 aliphatic rings. The van der Waals surface area contributed by atoms with Crippen LogP contribution in [0.4, 0.5) is 5.69 Å². The molecule has 0 bridgehead atoms. The van der Waals surface area contributed by atoms with Crippen molar-refractivity contribution in [1.29, 1.82) is 0 Å². The number of hydrogen-bond donors (Lipinski definition) is 0. The third-order valence-corrected chi connectivity index (χ3v) is 4.41. The van der Waals surface area contributed by atoms with Crippen molar-refractivity contribution < 1.29 is 19.0 Å². The Morgan fingerprint density at radius 1 is 1.00 bits per heavy atom. The Bertz CT molecular complexity index is 840. The lowest BCUT2D eigenvalue weighted by molar-refractivity contribution is 0.104. The van der Waals surface area contributed by atoms with Crippen molar-refractivity contribution in [3.8, 4) is 17.2 Å². The topological polar surface area (TPSA) is 48.0 Å². The lowest BCUT2D eigenvalue weighted by Gasteiger charge is -2.15. The quantitative estimate of drug-likeness (QED) is 0.515. The van der Waals surface area contributed by atoms with Crippen LogP contribution in [0.25, 0.3) is 6.08 Å². The lowest BCUT2D eigenvalue weighted by atomic mass is 10.0. The van der Waals surface area contributed by atoms with Crippen LogP contribution in [0.2, 0.25) is 0 Å². The first-order valence-electron chi connectivity index (χ1n) is 8.78. The average molecular weight is 369 g/mol. The maximum atomic E-state index is 12.8. The van der Waals surface area contributed by atoms with Gasteiger partial charge in [0, 0.05) is 19.8 Å². The van der Waals surface area contributed by atoms with Crippen LogP contribution < -0.4 is 19.1 Å². The molecule has 5 heteroatoms. The maximum Gasteiger partial charge on any atom is 0.204 e. The smallest absolute Gasteiger partial charge is 0.204 e. The van der Waals surface area contributed by atoms with Gasteiger partial charge in [-0.15, -0.1) is 0 Å². The summed E-state index contributed by atoms with van der Waals surface area (Å²) >= 11 is 0. The molecule has 0 amide bonds. The number of anilines is 1. The fourth-order valence-corrected chi connectivity index (χ4v) is 2.89. The van der Waals surface area contributed by atoms with E-state index in [0.29, 0.717) is 22.8 Å². The molecule has 0 spiro atoms. The minimum Gasteiger partial charge on any atom is -0.493 e. The van der Waals surface area contributed by atoms with Gasteiger partial charge in [-0.05, 0) is 47.9 Å². The van der Waals surface area contributed by atoms with Crippen LogP contribution in [0.1, 0.15) is 28.4 Å². The molecule has 0 aliphatic heterocycles. The van der Waals surface area contributed by atoms with Crippen molar-refractivity contribution in [3.05, 3.63) is 53.1 Å². The molecule has 0 radical (unpaired) electrons. The molecule has 0 saturated carbocycles. The first-order valence-corrected chi connectivity index (χ1v) is 8.78. The van der Waals surface area contributed by atoms with Gasteiger partial charge in [-0.3, -0.25) is 4.79 Å². The number of ether oxygens (including phenoxy) is 3. The molecule has 27 heavy (non-hydrogen) atoms. The van der Waals surface area contributed by atoms with Gasteiger partial charge >= 0.3 is 0 Å². The Morgan fingerprint density at radius 3 is 2.26 bits per heavy atom. The highest BCUT2D eigenvalue weighted by atomic mass is 16.5. The Labute approximate surface area is 161 Å². The molecular formula is C22H27NO4. The lowest BCUT2D eigenvalue weighted by Crippen LogP contribution is -2.09. The SMILES string of the molecule is CCc1cc(N(C)C)ccc1C=CC(=O)c1ccc(OC)c(OC)c1OC. The molecule has 2 aromatic carbocycles. The fourth-order valence-electron chi connectivity index (χ4n) is 2.89. The van der Waals surface area contributed by atoms with Gasteiger partial charge in [0.15, 0.2) is 17.3 Å². The molecule has 0 atom stereocenters. The second-order valence-electron chi connectivity index (χ2n) is 6.21. The van der Waals surface area contributed by atoms with Gasteiger partial charge in [0.2, 0.25) is 5.75 Å². The van der Waals surface area contributed by atoms with E-state index in [1.165, 1.54) is 19.8 Å². The van der Waals surface area contributed by atoms with E-state index in [1.54, 1.807) is 25.3 Å². The first kappa shape index (κ1) is 20.4. The molecule has 5 nitrogen and oxygen atoms in total. The number of nitrogens with zero attached hydrogens (tertiary/aromatic N) is 1. The van der Waals surface area contributed by atoms with Crippen LogP contribution in [-0.2, 0) is 6.42 Å². The molecular weight excluding hydrogens is 342 g/mol. The van der Waals surface area contributed by atoms with E-state index >= 15 is 0 Å². The largest absolute Gasteiger partial charge is 0.493 e. The fraction of sp³-hybridized carbons (Fsp3) is 0.318. The summed E-state index contributed by atoms with van der Waals surface area (Å²) in [6, 6.07) is 9.60. The second-order valence-corrected chi connectivity index (χ2v) is 6.21. The van der Waals surface area contributed by atoms with E-state index in [9.17, 15) is 4.79 Å². The van der Waals surface area contributed by atoms with E-state index in [-0.39, 0.29) is 5.78 Å². The van der Waals surface area contributed by atoms with E-state index in [1.807, 2.05) is 32.3 Å². The molecule has 0 heterocycles. The van der Waals surface area contributed by atoms with Crippen LogP contribution in [0.15, 0.2) is 36.4 Å². The average Bonchev–Trinajstić information content (AvgIpc) is 2.70. The number of carbonyl (C=O) groups is 1. The van der Waals surface area contributed by atoms with E-state index in [0.717, 1.165) is 17.7 Å². The summed E-state index contributed by atoms with van der Waals surface area (Å²) in [6.07, 6.45) is 4.29. The normalized spacial score (nSPS) is 10.7. The zero-order valence-corrected chi connectivity index (χ0v) is 16.8. The maximum absolute atomic E-state index is 12.8. The van der Waals surface area contributed by atoms with Crippen molar-refractivity contribution in [3.63, 3.8) is 0 Å². The molecule has 0 unspecified atom stereocenters. The highest BCUT2D eigenvalue weighted by Crippen LogP contribution is 2.40. The number of carbonyl (C=O) groups excluding carboxylic acids is 1. The van der Waals surface area contributed by atoms with E-state index in [4.69, 9.17) is 14.2 Å². The van der Waals surface area contributed by atoms with Crippen molar-refractivity contribution in [1.82, 2.24) is 0 Å². The molecule has 0 aromatic heterocycles. The monoisotopic (exact) mass is 369 g/mol. The van der Waals surface area contributed by atoms with Crippen molar-refractivity contribution in [2.45, 2.75) is 13.3 Å². The summed E-state index contributed by atoms with van der Waals surface area (Å²) < 4.78 is 16.0. The summed E-state index contributed by atoms with van der Waals surface area (Å²) in [5.74, 6) is 1.13. The number of benzene rings is 2. The second kappa shape index (κ2) is 9.12. The summed E-state index contributed by atoms with van der Waals surface area (Å²) in [5, 5.41) is 0. The van der Waals surface area contributed by atoms with Gasteiger partial charge in [0.25, 0.3) is 0 Å². The molecule has 2 rings (SSSR count). The Hall–Kier alpha value is -2.95. The summed E-state index contributed by atoms with van der Waals surface area (Å²) in [7, 11) is 8.59.